The van der Waals surface area contributed by atoms with Crippen LogP contribution in [0.1, 0.15) is 41.3 Å². The Morgan fingerprint density at radius 1 is 1.24 bits per heavy atom. The Labute approximate surface area is 147 Å². The van der Waals surface area contributed by atoms with Gasteiger partial charge in [0, 0.05) is 24.8 Å². The number of hydrogen-bond acceptors (Lipinski definition) is 3. The number of benzene rings is 1. The molecule has 0 amide bonds. The average molecular weight is 333 g/mol. The average Bonchev–Trinajstić information content (AvgIpc) is 2.62. The van der Waals surface area contributed by atoms with Gasteiger partial charge in [0.05, 0.1) is 5.69 Å². The Morgan fingerprint density at radius 3 is 2.96 bits per heavy atom. The molecule has 0 unspecified atom stereocenters. The second-order valence-electron chi connectivity index (χ2n) is 6.99. The molecule has 0 bridgehead atoms. The first-order chi connectivity index (χ1) is 12.1. The molecule has 1 atom stereocenters. The summed E-state index contributed by atoms with van der Waals surface area (Å²) in [5, 5.41) is 0. The van der Waals surface area contributed by atoms with Crippen LogP contribution in [0.4, 0.5) is 0 Å². The molecule has 128 valence electrons. The molecular formula is C21H23N3O. The molecule has 0 radical (unpaired) electrons. The molecule has 0 N–H and O–H groups in total. The van der Waals surface area contributed by atoms with Crippen molar-refractivity contribution in [3.05, 3.63) is 81.4 Å². The zero-order valence-electron chi connectivity index (χ0n) is 14.8. The van der Waals surface area contributed by atoms with Crippen molar-refractivity contribution in [3.63, 3.8) is 0 Å². The number of pyridine rings is 1. The van der Waals surface area contributed by atoms with E-state index in [4.69, 9.17) is 4.98 Å². The van der Waals surface area contributed by atoms with Crippen LogP contribution in [0, 0.1) is 6.92 Å². The summed E-state index contributed by atoms with van der Waals surface area (Å²) in [6.07, 6.45) is 5.30. The van der Waals surface area contributed by atoms with E-state index in [9.17, 15) is 4.79 Å². The fourth-order valence-electron chi connectivity index (χ4n) is 3.94. The van der Waals surface area contributed by atoms with Gasteiger partial charge in [-0.25, -0.2) is 4.98 Å². The summed E-state index contributed by atoms with van der Waals surface area (Å²) >= 11 is 0. The van der Waals surface area contributed by atoms with E-state index >= 15 is 0 Å². The maximum Gasteiger partial charge on any atom is 0.258 e. The van der Waals surface area contributed by atoms with Gasteiger partial charge < -0.3 is 0 Å². The lowest BCUT2D eigenvalue weighted by Crippen LogP contribution is -2.28. The predicted octanol–water partition coefficient (Wildman–Crippen LogP) is 3.51. The highest BCUT2D eigenvalue weighted by Gasteiger charge is 2.23. The van der Waals surface area contributed by atoms with E-state index in [1.807, 2.05) is 19.1 Å². The van der Waals surface area contributed by atoms with Crippen LogP contribution >= 0.6 is 0 Å². The number of rotatable bonds is 3. The van der Waals surface area contributed by atoms with Crippen molar-refractivity contribution in [2.45, 2.75) is 38.8 Å². The molecule has 2 aromatic heterocycles. The number of nitrogens with zero attached hydrogens (tertiary/aromatic N) is 3. The van der Waals surface area contributed by atoms with E-state index in [1.54, 1.807) is 16.7 Å². The van der Waals surface area contributed by atoms with Crippen LogP contribution in [0.3, 0.4) is 0 Å². The Kier molecular flexibility index (Phi) is 4.14. The van der Waals surface area contributed by atoms with Crippen LogP contribution in [0.15, 0.2) is 53.5 Å². The molecule has 0 spiro atoms. The van der Waals surface area contributed by atoms with E-state index in [0.717, 1.165) is 29.7 Å². The normalized spacial score (nSPS) is 17.0. The van der Waals surface area contributed by atoms with Crippen molar-refractivity contribution in [1.29, 1.82) is 0 Å². The molecule has 3 aromatic rings. The first-order valence-electron chi connectivity index (χ1n) is 8.89. The first kappa shape index (κ1) is 16.0. The monoisotopic (exact) mass is 333 g/mol. The highest BCUT2D eigenvalue weighted by Crippen LogP contribution is 2.33. The minimum absolute atomic E-state index is 0.0128. The zero-order chi connectivity index (χ0) is 17.4. The summed E-state index contributed by atoms with van der Waals surface area (Å²) in [5.74, 6) is 0. The van der Waals surface area contributed by atoms with Crippen LogP contribution < -0.4 is 5.56 Å². The van der Waals surface area contributed by atoms with Gasteiger partial charge in [-0.15, -0.1) is 0 Å². The van der Waals surface area contributed by atoms with Gasteiger partial charge in [0.15, 0.2) is 0 Å². The minimum atomic E-state index is -0.0128. The molecule has 0 saturated carbocycles. The summed E-state index contributed by atoms with van der Waals surface area (Å²) in [6.45, 7) is 2.67. The third-order valence-corrected chi connectivity index (χ3v) is 5.22. The number of aryl methyl sites for hydroxylation is 2. The van der Waals surface area contributed by atoms with E-state index in [-0.39, 0.29) is 5.56 Å². The number of hydrogen-bond donors (Lipinski definition) is 0. The second-order valence-corrected chi connectivity index (χ2v) is 6.99. The Bertz CT molecular complexity index is 976. The third kappa shape index (κ3) is 2.98. The van der Waals surface area contributed by atoms with E-state index in [2.05, 4.69) is 36.2 Å². The second kappa shape index (κ2) is 6.45. The van der Waals surface area contributed by atoms with Crippen LogP contribution in [-0.2, 0) is 13.0 Å². The smallest absolute Gasteiger partial charge is 0.258 e. The standard InChI is InChI=1S/C21H23N3O/c1-15-7-6-12-24-20(25)13-17(22-21(15)24)14-23(2)19-11-5-9-16-8-3-4-10-18(16)19/h3-4,6-8,10,12-13,19H,5,9,11,14H2,1-2H3/t19-/m0/s1. The van der Waals surface area contributed by atoms with Crippen LogP contribution in [0.25, 0.3) is 5.65 Å². The van der Waals surface area contributed by atoms with Gasteiger partial charge in [-0.1, -0.05) is 30.3 Å². The molecule has 4 nitrogen and oxygen atoms in total. The summed E-state index contributed by atoms with van der Waals surface area (Å²) in [5.41, 5.74) is 5.47. The predicted molar refractivity (Wildman–Crippen MR) is 99.8 cm³/mol. The molecule has 25 heavy (non-hydrogen) atoms. The topological polar surface area (TPSA) is 37.6 Å². The molecule has 0 saturated heterocycles. The third-order valence-electron chi connectivity index (χ3n) is 5.22. The number of fused-ring (bicyclic) bond motifs is 2. The van der Waals surface area contributed by atoms with Gasteiger partial charge in [0.1, 0.15) is 5.65 Å². The van der Waals surface area contributed by atoms with E-state index < -0.39 is 0 Å². The van der Waals surface area contributed by atoms with Crippen molar-refractivity contribution in [2.75, 3.05) is 7.05 Å². The summed E-state index contributed by atoms with van der Waals surface area (Å²) < 4.78 is 1.62. The molecule has 4 heteroatoms. The van der Waals surface area contributed by atoms with Crippen molar-refractivity contribution < 1.29 is 0 Å². The van der Waals surface area contributed by atoms with Crippen LogP contribution in [-0.4, -0.2) is 21.3 Å². The van der Waals surface area contributed by atoms with Gasteiger partial charge in [0.25, 0.3) is 5.56 Å². The van der Waals surface area contributed by atoms with Gasteiger partial charge in [-0.05, 0) is 56.0 Å². The Hall–Kier alpha value is -2.46. The lowest BCUT2D eigenvalue weighted by Gasteiger charge is -2.33. The van der Waals surface area contributed by atoms with Gasteiger partial charge in [-0.3, -0.25) is 14.1 Å². The van der Waals surface area contributed by atoms with E-state index in [1.165, 1.54) is 17.5 Å². The summed E-state index contributed by atoms with van der Waals surface area (Å²) in [4.78, 5) is 19.5. The van der Waals surface area contributed by atoms with Crippen molar-refractivity contribution in [3.8, 4) is 0 Å². The van der Waals surface area contributed by atoms with Crippen molar-refractivity contribution in [1.82, 2.24) is 14.3 Å². The molecule has 4 rings (SSSR count). The lowest BCUT2D eigenvalue weighted by molar-refractivity contribution is 0.211. The fourth-order valence-corrected chi connectivity index (χ4v) is 3.94. The largest absolute Gasteiger partial charge is 0.294 e. The SMILES string of the molecule is Cc1cccn2c(=O)cc(CN(C)[C@H]3CCCc4ccccc43)nc12. The highest BCUT2D eigenvalue weighted by atomic mass is 16.1. The Balaban J connectivity index is 1.66. The van der Waals surface area contributed by atoms with Crippen molar-refractivity contribution >= 4 is 5.65 Å². The summed E-state index contributed by atoms with van der Waals surface area (Å²) in [6, 6.07) is 14.6. The molecule has 0 fully saturated rings. The van der Waals surface area contributed by atoms with Gasteiger partial charge in [-0.2, -0.15) is 0 Å². The maximum atomic E-state index is 12.4. The molecule has 1 aliphatic carbocycles. The first-order valence-corrected chi connectivity index (χ1v) is 8.89. The van der Waals surface area contributed by atoms with Crippen LogP contribution in [0.5, 0.6) is 0 Å². The van der Waals surface area contributed by atoms with Gasteiger partial charge >= 0.3 is 0 Å². The molecule has 1 aliphatic rings. The number of aromatic nitrogens is 2. The fraction of sp³-hybridized carbons (Fsp3) is 0.333. The lowest BCUT2D eigenvalue weighted by atomic mass is 9.87. The molecule has 1 aromatic carbocycles. The van der Waals surface area contributed by atoms with Crippen molar-refractivity contribution in [2.24, 2.45) is 0 Å². The molecular weight excluding hydrogens is 310 g/mol. The van der Waals surface area contributed by atoms with Crippen LogP contribution in [0.2, 0.25) is 0 Å². The zero-order valence-corrected chi connectivity index (χ0v) is 14.8. The molecule has 0 aliphatic heterocycles. The van der Waals surface area contributed by atoms with E-state index in [0.29, 0.717) is 12.6 Å². The van der Waals surface area contributed by atoms with Gasteiger partial charge in [0.2, 0.25) is 0 Å². The minimum Gasteiger partial charge on any atom is -0.294 e. The molecule has 2 heterocycles. The highest BCUT2D eigenvalue weighted by molar-refractivity contribution is 5.46. The quantitative estimate of drug-likeness (QED) is 0.736. The maximum absolute atomic E-state index is 12.4. The Morgan fingerprint density at radius 2 is 2.08 bits per heavy atom. The summed E-state index contributed by atoms with van der Waals surface area (Å²) in [7, 11) is 2.13.